The molecule has 4 rings (SSSR count). The van der Waals surface area contributed by atoms with E-state index in [2.05, 4.69) is 30.9 Å². The third kappa shape index (κ3) is 4.21. The Kier molecular flexibility index (Phi) is 5.82. The summed E-state index contributed by atoms with van der Waals surface area (Å²) in [6.07, 6.45) is 5.36. The third-order valence-corrected chi connectivity index (χ3v) is 5.42. The number of carbonyl (C=O) groups is 1. The molecule has 0 radical (unpaired) electrons. The lowest BCUT2D eigenvalue weighted by molar-refractivity contribution is 0.0962. The van der Waals surface area contributed by atoms with Crippen molar-refractivity contribution in [1.82, 2.24) is 24.6 Å². The molecular formula is C22H23N7O. The standard InChI is InChI=1S/C22H23N7O/c1-17-20(16-26-29(17)22-24-7-3-8-25-22)21(30)6-9-27-10-12-28(13-11-27)19-5-2-4-18(14-19)15-23/h2-5,7-8,14,16H,6,9-13H2,1H3. The van der Waals surface area contributed by atoms with Crippen LogP contribution in [0.2, 0.25) is 0 Å². The number of hydrogen-bond donors (Lipinski definition) is 0. The lowest BCUT2D eigenvalue weighted by Crippen LogP contribution is -2.46. The highest BCUT2D eigenvalue weighted by atomic mass is 16.1. The molecule has 30 heavy (non-hydrogen) atoms. The van der Waals surface area contributed by atoms with Gasteiger partial charge in [0.2, 0.25) is 0 Å². The molecule has 1 aliphatic heterocycles. The van der Waals surface area contributed by atoms with Crippen LogP contribution in [-0.4, -0.2) is 63.2 Å². The number of nitrogens with zero attached hydrogens (tertiary/aromatic N) is 7. The van der Waals surface area contributed by atoms with E-state index in [1.807, 2.05) is 31.2 Å². The summed E-state index contributed by atoms with van der Waals surface area (Å²) in [5.41, 5.74) is 3.14. The average molecular weight is 401 g/mol. The van der Waals surface area contributed by atoms with Crippen LogP contribution < -0.4 is 4.90 Å². The number of carbonyl (C=O) groups excluding carboxylic acids is 1. The number of rotatable bonds is 6. The summed E-state index contributed by atoms with van der Waals surface area (Å²) in [5, 5.41) is 13.4. The molecule has 0 unspecified atom stereocenters. The van der Waals surface area contributed by atoms with Crippen LogP contribution in [0, 0.1) is 18.3 Å². The van der Waals surface area contributed by atoms with E-state index in [1.54, 1.807) is 29.3 Å². The average Bonchev–Trinajstić information content (AvgIpc) is 3.20. The van der Waals surface area contributed by atoms with Gasteiger partial charge in [0.05, 0.1) is 29.1 Å². The van der Waals surface area contributed by atoms with Crippen LogP contribution in [0.15, 0.2) is 48.9 Å². The normalized spacial score (nSPS) is 14.5. The Morgan fingerprint density at radius 3 is 2.63 bits per heavy atom. The van der Waals surface area contributed by atoms with Gasteiger partial charge in [0.15, 0.2) is 5.78 Å². The second-order valence-corrected chi connectivity index (χ2v) is 7.27. The molecule has 1 aromatic carbocycles. The predicted molar refractivity (Wildman–Crippen MR) is 113 cm³/mol. The first kappa shape index (κ1) is 19.7. The number of benzene rings is 1. The Labute approximate surface area is 175 Å². The topological polar surface area (TPSA) is 90.9 Å². The fraction of sp³-hybridized carbons (Fsp3) is 0.318. The van der Waals surface area contributed by atoms with Crippen molar-refractivity contribution in [2.75, 3.05) is 37.6 Å². The first-order valence-electron chi connectivity index (χ1n) is 9.98. The van der Waals surface area contributed by atoms with Gasteiger partial charge in [0.25, 0.3) is 5.95 Å². The molecule has 0 spiro atoms. The van der Waals surface area contributed by atoms with E-state index < -0.39 is 0 Å². The van der Waals surface area contributed by atoms with Crippen LogP contribution in [0.3, 0.4) is 0 Å². The van der Waals surface area contributed by atoms with Gasteiger partial charge >= 0.3 is 0 Å². The Hall–Kier alpha value is -3.57. The molecule has 152 valence electrons. The molecule has 1 saturated heterocycles. The molecule has 8 heteroatoms. The molecule has 8 nitrogen and oxygen atoms in total. The minimum Gasteiger partial charge on any atom is -0.369 e. The van der Waals surface area contributed by atoms with Gasteiger partial charge in [-0.3, -0.25) is 9.69 Å². The third-order valence-electron chi connectivity index (χ3n) is 5.42. The number of aromatic nitrogens is 4. The van der Waals surface area contributed by atoms with Gasteiger partial charge < -0.3 is 4.90 Å². The molecule has 0 saturated carbocycles. The largest absolute Gasteiger partial charge is 0.369 e. The number of ketones is 1. The second-order valence-electron chi connectivity index (χ2n) is 7.27. The highest BCUT2D eigenvalue weighted by Crippen LogP contribution is 2.18. The summed E-state index contributed by atoms with van der Waals surface area (Å²) in [7, 11) is 0. The zero-order valence-electron chi connectivity index (χ0n) is 16.9. The smallest absolute Gasteiger partial charge is 0.250 e. The summed E-state index contributed by atoms with van der Waals surface area (Å²) < 4.78 is 1.60. The lowest BCUT2D eigenvalue weighted by atomic mass is 10.1. The highest BCUT2D eigenvalue weighted by molar-refractivity contribution is 5.97. The molecular weight excluding hydrogens is 378 g/mol. The van der Waals surface area contributed by atoms with Crippen LogP contribution >= 0.6 is 0 Å². The van der Waals surface area contributed by atoms with Crippen molar-refractivity contribution in [1.29, 1.82) is 5.26 Å². The van der Waals surface area contributed by atoms with Gasteiger partial charge in [-0.1, -0.05) is 6.07 Å². The fourth-order valence-electron chi connectivity index (χ4n) is 3.68. The molecule has 0 N–H and O–H groups in total. The molecule has 3 heterocycles. The van der Waals surface area contributed by atoms with Crippen molar-refractivity contribution in [3.63, 3.8) is 0 Å². The molecule has 2 aromatic heterocycles. The van der Waals surface area contributed by atoms with Crippen molar-refractivity contribution in [3.8, 4) is 12.0 Å². The van der Waals surface area contributed by atoms with E-state index in [-0.39, 0.29) is 5.78 Å². The second kappa shape index (κ2) is 8.84. The number of piperazine rings is 1. The number of Topliss-reactive ketones (excluding diaryl/α,β-unsaturated/α-hetero) is 1. The van der Waals surface area contributed by atoms with Crippen molar-refractivity contribution in [2.24, 2.45) is 0 Å². The molecule has 0 bridgehead atoms. The quantitative estimate of drug-likeness (QED) is 0.585. The van der Waals surface area contributed by atoms with Crippen LogP contribution in [0.5, 0.6) is 0 Å². The van der Waals surface area contributed by atoms with Crippen molar-refractivity contribution < 1.29 is 4.79 Å². The molecule has 0 atom stereocenters. The van der Waals surface area contributed by atoms with Gasteiger partial charge in [0.1, 0.15) is 0 Å². The molecule has 1 aliphatic rings. The van der Waals surface area contributed by atoms with Crippen molar-refractivity contribution in [3.05, 3.63) is 65.7 Å². The monoisotopic (exact) mass is 401 g/mol. The predicted octanol–water partition coefficient (Wildman–Crippen LogP) is 2.24. The van der Waals surface area contributed by atoms with E-state index in [0.717, 1.165) is 44.1 Å². The summed E-state index contributed by atoms with van der Waals surface area (Å²) in [6.45, 7) is 6.12. The van der Waals surface area contributed by atoms with E-state index >= 15 is 0 Å². The van der Waals surface area contributed by atoms with E-state index in [9.17, 15) is 4.79 Å². The lowest BCUT2D eigenvalue weighted by Gasteiger charge is -2.36. The van der Waals surface area contributed by atoms with Crippen LogP contribution in [0.25, 0.3) is 5.95 Å². The number of nitriles is 1. The summed E-state index contributed by atoms with van der Waals surface area (Å²) >= 11 is 0. The maximum absolute atomic E-state index is 12.7. The highest BCUT2D eigenvalue weighted by Gasteiger charge is 2.20. The van der Waals surface area contributed by atoms with E-state index in [1.165, 1.54) is 0 Å². The van der Waals surface area contributed by atoms with Crippen molar-refractivity contribution in [2.45, 2.75) is 13.3 Å². The Morgan fingerprint density at radius 1 is 1.13 bits per heavy atom. The Morgan fingerprint density at radius 2 is 1.90 bits per heavy atom. The Balaban J connectivity index is 1.31. The van der Waals surface area contributed by atoms with Crippen LogP contribution in [0.4, 0.5) is 5.69 Å². The molecule has 0 aliphatic carbocycles. The van der Waals surface area contributed by atoms with Gasteiger partial charge in [-0.2, -0.15) is 10.4 Å². The van der Waals surface area contributed by atoms with Crippen LogP contribution in [-0.2, 0) is 0 Å². The summed E-state index contributed by atoms with van der Waals surface area (Å²) in [6, 6.07) is 11.6. The van der Waals surface area contributed by atoms with Gasteiger partial charge in [-0.15, -0.1) is 0 Å². The van der Waals surface area contributed by atoms with E-state index in [0.29, 0.717) is 23.5 Å². The SMILES string of the molecule is Cc1c(C(=O)CCN2CCN(c3cccc(C#N)c3)CC2)cnn1-c1ncccn1. The molecule has 1 fully saturated rings. The zero-order chi connectivity index (χ0) is 20.9. The van der Waals surface area contributed by atoms with Gasteiger partial charge in [-0.05, 0) is 31.2 Å². The fourth-order valence-corrected chi connectivity index (χ4v) is 3.68. The Bertz CT molecular complexity index is 1060. The zero-order valence-corrected chi connectivity index (χ0v) is 16.9. The van der Waals surface area contributed by atoms with Gasteiger partial charge in [-0.25, -0.2) is 14.6 Å². The first-order valence-corrected chi connectivity index (χ1v) is 9.98. The minimum absolute atomic E-state index is 0.0823. The molecule has 3 aromatic rings. The maximum atomic E-state index is 12.7. The summed E-state index contributed by atoms with van der Waals surface area (Å²) in [5.74, 6) is 0.546. The number of anilines is 1. The van der Waals surface area contributed by atoms with Gasteiger partial charge in [0, 0.05) is 57.2 Å². The van der Waals surface area contributed by atoms with E-state index in [4.69, 9.17) is 5.26 Å². The first-order chi connectivity index (χ1) is 14.7. The minimum atomic E-state index is 0.0823. The maximum Gasteiger partial charge on any atom is 0.250 e. The molecule has 0 amide bonds. The van der Waals surface area contributed by atoms with Crippen molar-refractivity contribution >= 4 is 11.5 Å². The van der Waals surface area contributed by atoms with Crippen LogP contribution in [0.1, 0.15) is 28.0 Å². The summed E-state index contributed by atoms with van der Waals surface area (Å²) in [4.78, 5) is 25.7. The number of hydrogen-bond acceptors (Lipinski definition) is 7.